The van der Waals surface area contributed by atoms with Crippen molar-refractivity contribution in [3.05, 3.63) is 60.6 Å². The first-order valence-electron chi connectivity index (χ1n) is 6.42. The molecule has 0 aliphatic rings. The third kappa shape index (κ3) is 3.15. The topological polar surface area (TPSA) is 38.3 Å². The molecule has 0 aliphatic carbocycles. The van der Waals surface area contributed by atoms with Gasteiger partial charge in [-0.3, -0.25) is 4.79 Å². The molecule has 0 aliphatic heterocycles. The number of rotatable bonds is 6. The summed E-state index contributed by atoms with van der Waals surface area (Å²) < 4.78 is 18.6. The molecule has 0 unspecified atom stereocenters. The summed E-state index contributed by atoms with van der Waals surface area (Å²) in [5.74, 6) is -0.531. The van der Waals surface area contributed by atoms with Gasteiger partial charge in [-0.05, 0) is 23.9 Å². The van der Waals surface area contributed by atoms with Crippen LogP contribution in [0.3, 0.4) is 0 Å². The van der Waals surface area contributed by atoms with Crippen LogP contribution in [0.4, 0.5) is 4.39 Å². The predicted octanol–water partition coefficient (Wildman–Crippen LogP) is 3.26. The summed E-state index contributed by atoms with van der Waals surface area (Å²) in [6.07, 6.45) is 2.06. The third-order valence-electron chi connectivity index (χ3n) is 2.96. The Kier molecular flexibility index (Phi) is 4.71. The zero-order valence-corrected chi connectivity index (χ0v) is 11.1. The average Bonchev–Trinajstić information content (AvgIpc) is 2.47. The Balaban J connectivity index is 2.10. The maximum Gasteiger partial charge on any atom is 0.251 e. The second kappa shape index (κ2) is 6.70. The normalized spacial score (nSPS) is 10.2. The molecule has 104 valence electrons. The second-order valence-electron chi connectivity index (χ2n) is 4.29. The third-order valence-corrected chi connectivity index (χ3v) is 2.96. The number of halogens is 1. The van der Waals surface area contributed by atoms with Crippen LogP contribution in [0.1, 0.15) is 16.8 Å². The Morgan fingerprint density at radius 2 is 2.00 bits per heavy atom. The van der Waals surface area contributed by atoms with E-state index >= 15 is 0 Å². The number of benzene rings is 2. The van der Waals surface area contributed by atoms with E-state index in [0.717, 1.165) is 0 Å². The van der Waals surface area contributed by atoms with E-state index in [-0.39, 0.29) is 11.7 Å². The maximum absolute atomic E-state index is 13.7. The number of hydrogen-bond acceptors (Lipinski definition) is 2. The minimum atomic E-state index is -0.323. The fourth-order valence-electron chi connectivity index (χ4n) is 2.00. The minimum absolute atomic E-state index is 0.209. The van der Waals surface area contributed by atoms with E-state index < -0.39 is 0 Å². The first-order valence-corrected chi connectivity index (χ1v) is 6.42. The van der Waals surface area contributed by atoms with Gasteiger partial charge in [0.05, 0.1) is 12.9 Å². The molecule has 20 heavy (non-hydrogen) atoms. The van der Waals surface area contributed by atoms with E-state index in [1.54, 1.807) is 24.3 Å². The van der Waals surface area contributed by atoms with Gasteiger partial charge in [0.15, 0.2) is 0 Å². The molecule has 0 bridgehead atoms. The van der Waals surface area contributed by atoms with Crippen LogP contribution in [0.15, 0.2) is 49.2 Å². The van der Waals surface area contributed by atoms with Crippen molar-refractivity contribution in [3.8, 4) is 0 Å². The molecule has 2 rings (SSSR count). The van der Waals surface area contributed by atoms with E-state index in [2.05, 4.69) is 11.9 Å². The van der Waals surface area contributed by atoms with Crippen molar-refractivity contribution in [1.29, 1.82) is 0 Å². The van der Waals surface area contributed by atoms with Crippen LogP contribution in [0.25, 0.3) is 10.8 Å². The van der Waals surface area contributed by atoms with Crippen molar-refractivity contribution in [3.63, 3.8) is 0 Å². The van der Waals surface area contributed by atoms with Gasteiger partial charge in [-0.25, -0.2) is 4.39 Å². The molecule has 1 N–H and O–H groups in total. The van der Waals surface area contributed by atoms with E-state index in [0.29, 0.717) is 35.9 Å². The number of nitrogens with one attached hydrogen (secondary N) is 1. The van der Waals surface area contributed by atoms with Crippen molar-refractivity contribution >= 4 is 16.7 Å². The van der Waals surface area contributed by atoms with Gasteiger partial charge in [0.1, 0.15) is 5.82 Å². The number of hydrogen-bond donors (Lipinski definition) is 1. The molecule has 0 fully saturated rings. The van der Waals surface area contributed by atoms with Gasteiger partial charge >= 0.3 is 0 Å². The Hall–Kier alpha value is -2.36. The lowest BCUT2D eigenvalue weighted by Crippen LogP contribution is -2.25. The Labute approximate surface area is 117 Å². The largest absolute Gasteiger partial charge is 0.502 e. The lowest BCUT2D eigenvalue weighted by atomic mass is 10.0. The molecule has 0 heterocycles. The molecule has 2 aromatic carbocycles. The van der Waals surface area contributed by atoms with Crippen molar-refractivity contribution in [2.24, 2.45) is 0 Å². The van der Waals surface area contributed by atoms with Gasteiger partial charge in [-0.2, -0.15) is 0 Å². The molecule has 0 aromatic heterocycles. The summed E-state index contributed by atoms with van der Waals surface area (Å²) in [6, 6.07) is 9.77. The van der Waals surface area contributed by atoms with Crippen LogP contribution < -0.4 is 5.32 Å². The van der Waals surface area contributed by atoms with E-state index in [1.165, 1.54) is 18.4 Å². The summed E-state index contributed by atoms with van der Waals surface area (Å²) >= 11 is 0. The quantitative estimate of drug-likeness (QED) is 0.648. The predicted molar refractivity (Wildman–Crippen MR) is 77.0 cm³/mol. The standard InChI is InChI=1S/C16H16FNO2/c1-2-20-11-5-10-18-16(19)14-8-9-15(17)13-7-4-3-6-12(13)14/h2-4,6-9H,1,5,10-11H2,(H,18,19). The molecule has 0 radical (unpaired) electrons. The lowest BCUT2D eigenvalue weighted by molar-refractivity contribution is 0.0952. The second-order valence-corrected chi connectivity index (χ2v) is 4.29. The van der Waals surface area contributed by atoms with Crippen molar-refractivity contribution in [1.82, 2.24) is 5.32 Å². The number of carbonyl (C=O) groups is 1. The van der Waals surface area contributed by atoms with Crippen molar-refractivity contribution < 1.29 is 13.9 Å². The van der Waals surface area contributed by atoms with E-state index in [9.17, 15) is 9.18 Å². The molecule has 4 heteroatoms. The Bertz CT molecular complexity index is 625. The fourth-order valence-corrected chi connectivity index (χ4v) is 2.00. The lowest BCUT2D eigenvalue weighted by Gasteiger charge is -2.08. The fraction of sp³-hybridized carbons (Fsp3) is 0.188. The first kappa shape index (κ1) is 14.1. The molecule has 1 amide bonds. The van der Waals surface area contributed by atoms with Crippen LogP contribution in [-0.4, -0.2) is 19.1 Å². The average molecular weight is 273 g/mol. The van der Waals surface area contributed by atoms with Crippen LogP contribution in [0.2, 0.25) is 0 Å². The van der Waals surface area contributed by atoms with Gasteiger partial charge in [-0.1, -0.05) is 30.8 Å². The molecule has 0 atom stereocenters. The smallest absolute Gasteiger partial charge is 0.251 e. The SMILES string of the molecule is C=COCCCNC(=O)c1ccc(F)c2ccccc12. The molecular formula is C16H16FNO2. The monoisotopic (exact) mass is 273 g/mol. The number of fused-ring (bicyclic) bond motifs is 1. The van der Waals surface area contributed by atoms with Crippen molar-refractivity contribution in [2.45, 2.75) is 6.42 Å². The molecule has 0 saturated carbocycles. The van der Waals surface area contributed by atoms with Gasteiger partial charge in [0.2, 0.25) is 0 Å². The molecule has 0 saturated heterocycles. The maximum atomic E-state index is 13.7. The first-order chi connectivity index (χ1) is 9.74. The number of amides is 1. The minimum Gasteiger partial charge on any atom is -0.502 e. The van der Waals surface area contributed by atoms with Crippen LogP contribution >= 0.6 is 0 Å². The van der Waals surface area contributed by atoms with E-state index in [4.69, 9.17) is 4.74 Å². The van der Waals surface area contributed by atoms with Gasteiger partial charge in [0.25, 0.3) is 5.91 Å². The summed E-state index contributed by atoms with van der Waals surface area (Å²) in [6.45, 7) is 4.44. The highest BCUT2D eigenvalue weighted by molar-refractivity contribution is 6.07. The number of ether oxygens (including phenoxy) is 1. The summed E-state index contributed by atoms with van der Waals surface area (Å²) in [7, 11) is 0. The van der Waals surface area contributed by atoms with Gasteiger partial charge in [-0.15, -0.1) is 0 Å². The highest BCUT2D eigenvalue weighted by atomic mass is 19.1. The highest BCUT2D eigenvalue weighted by Gasteiger charge is 2.11. The summed E-state index contributed by atoms with van der Waals surface area (Å²) in [5.41, 5.74) is 0.478. The van der Waals surface area contributed by atoms with Gasteiger partial charge in [0, 0.05) is 17.5 Å². The highest BCUT2D eigenvalue weighted by Crippen LogP contribution is 2.21. The Morgan fingerprint density at radius 3 is 2.75 bits per heavy atom. The number of carbonyl (C=O) groups excluding carboxylic acids is 1. The van der Waals surface area contributed by atoms with Crippen molar-refractivity contribution in [2.75, 3.05) is 13.2 Å². The summed E-state index contributed by atoms with van der Waals surface area (Å²) in [5, 5.41) is 3.87. The molecule has 3 nitrogen and oxygen atoms in total. The zero-order valence-electron chi connectivity index (χ0n) is 11.1. The zero-order chi connectivity index (χ0) is 14.4. The van der Waals surface area contributed by atoms with Crippen LogP contribution in [0.5, 0.6) is 0 Å². The summed E-state index contributed by atoms with van der Waals surface area (Å²) in [4.78, 5) is 12.1. The van der Waals surface area contributed by atoms with Gasteiger partial charge < -0.3 is 10.1 Å². The molecule has 2 aromatic rings. The molecule has 0 spiro atoms. The van der Waals surface area contributed by atoms with E-state index in [1.807, 2.05) is 0 Å². The molecular weight excluding hydrogens is 257 g/mol. The van der Waals surface area contributed by atoms with Crippen LogP contribution in [0, 0.1) is 5.82 Å². The van der Waals surface area contributed by atoms with Crippen LogP contribution in [-0.2, 0) is 4.74 Å². The Morgan fingerprint density at radius 1 is 1.25 bits per heavy atom.